The van der Waals surface area contributed by atoms with E-state index < -0.39 is 0 Å². The molecule has 124 valence electrons. The maximum atomic E-state index is 12.7. The summed E-state index contributed by atoms with van der Waals surface area (Å²) in [6.07, 6.45) is 0. The topological polar surface area (TPSA) is 88.1 Å². The lowest BCUT2D eigenvalue weighted by molar-refractivity contribution is 0.0143. The summed E-state index contributed by atoms with van der Waals surface area (Å²) >= 11 is 0. The number of anilines is 1. The highest BCUT2D eigenvalue weighted by atomic mass is 16.5. The smallest absolute Gasteiger partial charge is 0.323 e. The Balaban J connectivity index is 1.82. The number of carbonyl (C=O) groups is 1. The third-order valence-electron chi connectivity index (χ3n) is 4.26. The molecule has 8 heteroatoms. The number of morpholine rings is 1. The van der Waals surface area contributed by atoms with Crippen molar-refractivity contribution in [1.82, 2.24) is 24.9 Å². The molecule has 2 aromatic heterocycles. The van der Waals surface area contributed by atoms with Crippen molar-refractivity contribution in [3.63, 3.8) is 0 Å². The molecule has 0 radical (unpaired) electrons. The van der Waals surface area contributed by atoms with Crippen LogP contribution in [0.5, 0.6) is 0 Å². The monoisotopic (exact) mass is 318 g/mol. The zero-order valence-electron chi connectivity index (χ0n) is 13.9. The van der Waals surface area contributed by atoms with Crippen LogP contribution in [-0.4, -0.2) is 50.7 Å². The van der Waals surface area contributed by atoms with Gasteiger partial charge in [-0.05, 0) is 20.8 Å². The first-order valence-electron chi connectivity index (χ1n) is 7.65. The van der Waals surface area contributed by atoms with Crippen molar-refractivity contribution < 1.29 is 9.53 Å². The molecule has 2 N–H and O–H groups in total. The highest BCUT2D eigenvalue weighted by Crippen LogP contribution is 2.28. The standard InChI is InChI=1S/C15H22N6O2/c1-9-7-13(19-20(9)4)16-15(22)21-5-6-23-8-12(21)14-10(2)17-18-11(14)3/h7,12H,5-6,8H2,1-4H3,(H,17,18)(H,16,19,22). The van der Waals surface area contributed by atoms with Crippen molar-refractivity contribution in [2.24, 2.45) is 7.05 Å². The number of hydrogen-bond acceptors (Lipinski definition) is 4. The van der Waals surface area contributed by atoms with Gasteiger partial charge in [-0.2, -0.15) is 10.2 Å². The van der Waals surface area contributed by atoms with Crippen LogP contribution in [-0.2, 0) is 11.8 Å². The summed E-state index contributed by atoms with van der Waals surface area (Å²) in [6, 6.07) is 1.53. The van der Waals surface area contributed by atoms with Crippen molar-refractivity contribution >= 4 is 11.8 Å². The van der Waals surface area contributed by atoms with E-state index in [0.29, 0.717) is 25.6 Å². The number of nitrogens with one attached hydrogen (secondary N) is 2. The molecule has 0 spiro atoms. The largest absolute Gasteiger partial charge is 0.377 e. The summed E-state index contributed by atoms with van der Waals surface area (Å²) in [4.78, 5) is 14.5. The van der Waals surface area contributed by atoms with Crippen molar-refractivity contribution in [3.8, 4) is 0 Å². The molecule has 1 fully saturated rings. The molecule has 0 aromatic carbocycles. The number of ether oxygens (including phenoxy) is 1. The molecule has 1 unspecified atom stereocenters. The van der Waals surface area contributed by atoms with Crippen LogP contribution < -0.4 is 5.32 Å². The number of nitrogens with zero attached hydrogens (tertiary/aromatic N) is 4. The lowest BCUT2D eigenvalue weighted by Crippen LogP contribution is -2.45. The van der Waals surface area contributed by atoms with Crippen LogP contribution in [0.3, 0.4) is 0 Å². The lowest BCUT2D eigenvalue weighted by atomic mass is 10.0. The van der Waals surface area contributed by atoms with Crippen LogP contribution in [0.25, 0.3) is 0 Å². The van der Waals surface area contributed by atoms with E-state index >= 15 is 0 Å². The first-order chi connectivity index (χ1) is 11.0. The third-order valence-corrected chi connectivity index (χ3v) is 4.26. The predicted molar refractivity (Wildman–Crippen MR) is 85.3 cm³/mol. The second kappa shape index (κ2) is 6.04. The molecular formula is C15H22N6O2. The summed E-state index contributed by atoms with van der Waals surface area (Å²) < 4.78 is 7.32. The summed E-state index contributed by atoms with van der Waals surface area (Å²) in [7, 11) is 1.85. The fraction of sp³-hybridized carbons (Fsp3) is 0.533. The van der Waals surface area contributed by atoms with Gasteiger partial charge < -0.3 is 9.64 Å². The highest BCUT2D eigenvalue weighted by Gasteiger charge is 2.32. The molecular weight excluding hydrogens is 296 g/mol. The van der Waals surface area contributed by atoms with Crippen LogP contribution >= 0.6 is 0 Å². The minimum absolute atomic E-state index is 0.146. The van der Waals surface area contributed by atoms with Crippen LogP contribution in [0.1, 0.15) is 28.7 Å². The Morgan fingerprint density at radius 3 is 2.83 bits per heavy atom. The van der Waals surface area contributed by atoms with Gasteiger partial charge in [0.05, 0.1) is 24.9 Å². The summed E-state index contributed by atoms with van der Waals surface area (Å²) in [5, 5.41) is 14.4. The Morgan fingerprint density at radius 1 is 1.43 bits per heavy atom. The molecule has 1 atom stereocenters. The van der Waals surface area contributed by atoms with Gasteiger partial charge in [0, 0.05) is 36.6 Å². The van der Waals surface area contributed by atoms with Crippen molar-refractivity contribution in [2.45, 2.75) is 26.8 Å². The van der Waals surface area contributed by atoms with Crippen molar-refractivity contribution in [3.05, 3.63) is 28.7 Å². The Morgan fingerprint density at radius 2 is 2.22 bits per heavy atom. The van der Waals surface area contributed by atoms with Crippen LogP contribution in [0.15, 0.2) is 6.07 Å². The first kappa shape index (κ1) is 15.5. The Bertz CT molecular complexity index is 681. The number of aromatic nitrogens is 4. The number of amides is 2. The minimum atomic E-state index is -0.170. The van der Waals surface area contributed by atoms with Crippen molar-refractivity contribution in [1.29, 1.82) is 0 Å². The van der Waals surface area contributed by atoms with Crippen LogP contribution in [0.2, 0.25) is 0 Å². The molecule has 3 rings (SSSR count). The minimum Gasteiger partial charge on any atom is -0.377 e. The number of aryl methyl sites for hydroxylation is 4. The fourth-order valence-corrected chi connectivity index (χ4v) is 2.94. The molecule has 0 aliphatic carbocycles. The maximum absolute atomic E-state index is 12.7. The molecule has 0 saturated carbocycles. The number of hydrogen-bond donors (Lipinski definition) is 2. The van der Waals surface area contributed by atoms with E-state index in [9.17, 15) is 4.79 Å². The molecule has 0 bridgehead atoms. The third kappa shape index (κ3) is 2.94. The zero-order chi connectivity index (χ0) is 16.6. The fourth-order valence-electron chi connectivity index (χ4n) is 2.94. The van der Waals surface area contributed by atoms with E-state index in [1.807, 2.05) is 33.9 Å². The quantitative estimate of drug-likeness (QED) is 0.881. The average Bonchev–Trinajstić information content (AvgIpc) is 3.01. The highest BCUT2D eigenvalue weighted by molar-refractivity contribution is 5.88. The summed E-state index contributed by atoms with van der Waals surface area (Å²) in [6.45, 7) is 7.37. The maximum Gasteiger partial charge on any atom is 0.323 e. The van der Waals surface area contributed by atoms with Gasteiger partial charge in [-0.25, -0.2) is 4.79 Å². The Kier molecular flexibility index (Phi) is 4.08. The number of rotatable bonds is 2. The van der Waals surface area contributed by atoms with E-state index in [4.69, 9.17) is 4.74 Å². The molecule has 8 nitrogen and oxygen atoms in total. The first-order valence-corrected chi connectivity index (χ1v) is 7.65. The van der Waals surface area contributed by atoms with Crippen LogP contribution in [0.4, 0.5) is 10.6 Å². The molecule has 2 amide bonds. The van der Waals surface area contributed by atoms with E-state index in [-0.39, 0.29) is 12.1 Å². The molecule has 1 saturated heterocycles. The molecule has 1 aliphatic heterocycles. The Labute approximate surface area is 134 Å². The zero-order valence-corrected chi connectivity index (χ0v) is 13.9. The van der Waals surface area contributed by atoms with E-state index in [1.165, 1.54) is 0 Å². The second-order valence-corrected chi connectivity index (χ2v) is 5.86. The van der Waals surface area contributed by atoms with Gasteiger partial charge >= 0.3 is 6.03 Å². The van der Waals surface area contributed by atoms with Gasteiger partial charge in [0.1, 0.15) is 0 Å². The van der Waals surface area contributed by atoms with E-state index in [2.05, 4.69) is 20.6 Å². The van der Waals surface area contributed by atoms with Gasteiger partial charge in [-0.3, -0.25) is 15.1 Å². The van der Waals surface area contributed by atoms with Crippen molar-refractivity contribution in [2.75, 3.05) is 25.1 Å². The number of carbonyl (C=O) groups excluding carboxylic acids is 1. The average molecular weight is 318 g/mol. The second-order valence-electron chi connectivity index (χ2n) is 5.86. The van der Waals surface area contributed by atoms with Gasteiger partial charge in [-0.1, -0.05) is 0 Å². The molecule has 3 heterocycles. The Hall–Kier alpha value is -2.35. The van der Waals surface area contributed by atoms with Gasteiger partial charge in [0.25, 0.3) is 0 Å². The van der Waals surface area contributed by atoms with E-state index in [0.717, 1.165) is 22.6 Å². The predicted octanol–water partition coefficient (Wildman–Crippen LogP) is 1.67. The van der Waals surface area contributed by atoms with Gasteiger partial charge in [0.2, 0.25) is 0 Å². The van der Waals surface area contributed by atoms with Crippen LogP contribution in [0, 0.1) is 20.8 Å². The van der Waals surface area contributed by atoms with E-state index in [1.54, 1.807) is 9.58 Å². The normalized spacial score (nSPS) is 18.3. The summed E-state index contributed by atoms with van der Waals surface area (Å²) in [5.41, 5.74) is 3.87. The number of urea groups is 1. The van der Waals surface area contributed by atoms with Gasteiger partial charge in [0.15, 0.2) is 5.82 Å². The number of aromatic amines is 1. The van der Waals surface area contributed by atoms with Gasteiger partial charge in [-0.15, -0.1) is 0 Å². The number of H-pyrrole nitrogens is 1. The lowest BCUT2D eigenvalue weighted by Gasteiger charge is -2.35. The molecule has 23 heavy (non-hydrogen) atoms. The molecule has 2 aromatic rings. The summed E-state index contributed by atoms with van der Waals surface area (Å²) in [5.74, 6) is 0.556. The SMILES string of the molecule is Cc1n[nH]c(C)c1C1COCCN1C(=O)Nc1cc(C)n(C)n1. The molecule has 1 aliphatic rings.